The molecule has 0 aliphatic carbocycles. The highest BCUT2D eigenvalue weighted by atomic mass is 35.5. The maximum absolute atomic E-state index is 13.5. The summed E-state index contributed by atoms with van der Waals surface area (Å²) in [6, 6.07) is 7.88. The van der Waals surface area contributed by atoms with Crippen LogP contribution in [0.2, 0.25) is 5.02 Å². The van der Waals surface area contributed by atoms with Crippen LogP contribution in [-0.2, 0) is 4.74 Å². The van der Waals surface area contributed by atoms with E-state index in [0.717, 1.165) is 0 Å². The Morgan fingerprint density at radius 3 is 2.81 bits per heavy atom. The Hall–Kier alpha value is -2.75. The highest BCUT2D eigenvalue weighted by Gasteiger charge is 2.23. The van der Waals surface area contributed by atoms with Crippen molar-refractivity contribution in [2.45, 2.75) is 18.6 Å². The van der Waals surface area contributed by atoms with Gasteiger partial charge in [-0.05, 0) is 30.7 Å². The third-order valence-corrected chi connectivity index (χ3v) is 5.37. The zero-order chi connectivity index (χ0) is 22.5. The summed E-state index contributed by atoms with van der Waals surface area (Å²) in [5.74, 6) is 1.03. The van der Waals surface area contributed by atoms with Gasteiger partial charge in [-0.1, -0.05) is 11.6 Å². The van der Waals surface area contributed by atoms with Gasteiger partial charge in [0.15, 0.2) is 11.5 Å². The Morgan fingerprint density at radius 2 is 2.06 bits per heavy atom. The number of nitrogens with zero attached hydrogens (tertiary/aromatic N) is 2. The molecule has 10 heteroatoms. The number of aromatic nitrogens is 2. The van der Waals surface area contributed by atoms with Crippen LogP contribution in [0.25, 0.3) is 10.9 Å². The number of benzene rings is 2. The van der Waals surface area contributed by atoms with E-state index >= 15 is 0 Å². The summed E-state index contributed by atoms with van der Waals surface area (Å²) in [4.78, 5) is 8.58. The SMILES string of the molecule is COc1cc2ncnc(Nc3ccc(F)c(Cl)c3)c2cc1OCCOC[C@@H]1C[C@H](F)CN1. The fourth-order valence-corrected chi connectivity index (χ4v) is 3.66. The maximum Gasteiger partial charge on any atom is 0.162 e. The molecule has 4 rings (SSSR count). The molecular weight excluding hydrogens is 442 g/mol. The van der Waals surface area contributed by atoms with Gasteiger partial charge in [-0.25, -0.2) is 18.7 Å². The Bertz CT molecular complexity index is 1090. The Kier molecular flexibility index (Phi) is 7.19. The van der Waals surface area contributed by atoms with Gasteiger partial charge in [-0.15, -0.1) is 0 Å². The largest absolute Gasteiger partial charge is 0.493 e. The molecular formula is C22H23ClF2N4O3. The summed E-state index contributed by atoms with van der Waals surface area (Å²) in [6.07, 6.45) is 1.08. The summed E-state index contributed by atoms with van der Waals surface area (Å²) in [5.41, 5.74) is 1.23. The minimum Gasteiger partial charge on any atom is -0.493 e. The smallest absolute Gasteiger partial charge is 0.162 e. The predicted molar refractivity (Wildman–Crippen MR) is 118 cm³/mol. The predicted octanol–water partition coefficient (Wildman–Crippen LogP) is 4.27. The van der Waals surface area contributed by atoms with E-state index in [0.29, 0.717) is 60.1 Å². The van der Waals surface area contributed by atoms with Gasteiger partial charge in [0.2, 0.25) is 0 Å². The van der Waals surface area contributed by atoms with Crippen LogP contribution >= 0.6 is 11.6 Å². The van der Waals surface area contributed by atoms with E-state index in [2.05, 4.69) is 20.6 Å². The standard InChI is InChI=1S/C22H23ClF2N4O3/c1-30-20-9-19-16(8-21(20)32-5-4-31-11-15-6-13(24)10-26-15)22(28-12-27-19)29-14-2-3-18(25)17(23)7-14/h2-3,7-9,12-13,15,26H,4-6,10-11H2,1H3,(H,27,28,29)/t13-,15-/m0/s1. The molecule has 7 nitrogen and oxygen atoms in total. The van der Waals surface area contributed by atoms with Crippen molar-refractivity contribution in [3.63, 3.8) is 0 Å². The first-order valence-corrected chi connectivity index (χ1v) is 10.5. The first kappa shape index (κ1) is 22.4. The molecule has 0 unspecified atom stereocenters. The van der Waals surface area contributed by atoms with Crippen LogP contribution in [0.1, 0.15) is 6.42 Å². The highest BCUT2D eigenvalue weighted by molar-refractivity contribution is 6.31. The van der Waals surface area contributed by atoms with Crippen molar-refractivity contribution in [3.8, 4) is 11.5 Å². The zero-order valence-electron chi connectivity index (χ0n) is 17.4. The van der Waals surface area contributed by atoms with E-state index in [1.807, 2.05) is 0 Å². The molecule has 1 saturated heterocycles. The summed E-state index contributed by atoms with van der Waals surface area (Å²) >= 11 is 5.88. The molecule has 170 valence electrons. The Morgan fingerprint density at radius 1 is 1.19 bits per heavy atom. The van der Waals surface area contributed by atoms with E-state index in [1.165, 1.54) is 18.5 Å². The lowest BCUT2D eigenvalue weighted by molar-refractivity contribution is 0.0851. The monoisotopic (exact) mass is 464 g/mol. The van der Waals surface area contributed by atoms with Gasteiger partial charge in [0.25, 0.3) is 0 Å². The third-order valence-electron chi connectivity index (χ3n) is 5.08. The number of anilines is 2. The Labute approximate surface area is 189 Å². The van der Waals surface area contributed by atoms with Gasteiger partial charge < -0.3 is 24.8 Å². The maximum atomic E-state index is 13.5. The van der Waals surface area contributed by atoms with Crippen LogP contribution in [0.3, 0.4) is 0 Å². The molecule has 1 aliphatic rings. The van der Waals surface area contributed by atoms with Crippen molar-refractivity contribution in [3.05, 3.63) is 47.5 Å². The molecule has 1 fully saturated rings. The van der Waals surface area contributed by atoms with Gasteiger partial charge in [0.1, 0.15) is 30.7 Å². The minimum absolute atomic E-state index is 0.00823. The van der Waals surface area contributed by atoms with Crippen LogP contribution in [0.5, 0.6) is 11.5 Å². The van der Waals surface area contributed by atoms with Crippen LogP contribution in [-0.4, -0.2) is 55.7 Å². The summed E-state index contributed by atoms with van der Waals surface area (Å²) < 4.78 is 43.5. The van der Waals surface area contributed by atoms with E-state index in [4.69, 9.17) is 25.8 Å². The highest BCUT2D eigenvalue weighted by Crippen LogP contribution is 2.35. The van der Waals surface area contributed by atoms with Crippen molar-refractivity contribution in [1.82, 2.24) is 15.3 Å². The van der Waals surface area contributed by atoms with Crippen molar-refractivity contribution >= 4 is 34.0 Å². The van der Waals surface area contributed by atoms with Crippen molar-refractivity contribution < 1.29 is 23.0 Å². The van der Waals surface area contributed by atoms with Crippen LogP contribution in [0.4, 0.5) is 20.3 Å². The summed E-state index contributed by atoms with van der Waals surface area (Å²) in [5, 5.41) is 6.90. The average Bonchev–Trinajstić information content (AvgIpc) is 3.21. The van der Waals surface area contributed by atoms with Gasteiger partial charge in [0.05, 0.1) is 30.9 Å². The minimum atomic E-state index is -0.808. The molecule has 1 aromatic heterocycles. The van der Waals surface area contributed by atoms with Gasteiger partial charge in [0, 0.05) is 29.7 Å². The molecule has 0 amide bonds. The first-order chi connectivity index (χ1) is 15.5. The number of nitrogens with one attached hydrogen (secondary N) is 2. The fourth-order valence-electron chi connectivity index (χ4n) is 3.48. The molecule has 2 heterocycles. The quantitative estimate of drug-likeness (QED) is 0.458. The molecule has 2 atom stereocenters. The molecule has 1 aliphatic heterocycles. The molecule has 0 radical (unpaired) electrons. The summed E-state index contributed by atoms with van der Waals surface area (Å²) in [6.45, 7) is 1.45. The lowest BCUT2D eigenvalue weighted by Crippen LogP contribution is -2.27. The van der Waals surface area contributed by atoms with E-state index in [-0.39, 0.29) is 17.7 Å². The lowest BCUT2D eigenvalue weighted by Gasteiger charge is -2.15. The number of hydrogen-bond acceptors (Lipinski definition) is 7. The molecule has 3 aromatic rings. The van der Waals surface area contributed by atoms with Crippen LogP contribution in [0.15, 0.2) is 36.7 Å². The zero-order valence-corrected chi connectivity index (χ0v) is 18.2. The topological polar surface area (TPSA) is 77.5 Å². The number of fused-ring (bicyclic) bond motifs is 1. The number of hydrogen-bond donors (Lipinski definition) is 2. The van der Waals surface area contributed by atoms with Gasteiger partial charge >= 0.3 is 0 Å². The van der Waals surface area contributed by atoms with Gasteiger partial charge in [-0.3, -0.25) is 0 Å². The second kappa shape index (κ2) is 10.2. The van der Waals surface area contributed by atoms with Crippen LogP contribution in [0, 0.1) is 5.82 Å². The first-order valence-electron chi connectivity index (χ1n) is 10.2. The molecule has 0 spiro atoms. The number of ether oxygens (including phenoxy) is 3. The second-order valence-electron chi connectivity index (χ2n) is 7.36. The number of rotatable bonds is 9. The number of alkyl halides is 1. The number of halogens is 3. The summed E-state index contributed by atoms with van der Waals surface area (Å²) in [7, 11) is 1.55. The van der Waals surface area contributed by atoms with E-state index in [1.54, 1.807) is 25.3 Å². The lowest BCUT2D eigenvalue weighted by atomic mass is 10.2. The average molecular weight is 465 g/mol. The van der Waals surface area contributed by atoms with Crippen molar-refractivity contribution in [2.75, 3.05) is 38.8 Å². The van der Waals surface area contributed by atoms with E-state index < -0.39 is 12.0 Å². The molecule has 0 bridgehead atoms. The second-order valence-corrected chi connectivity index (χ2v) is 7.77. The molecule has 0 saturated carbocycles. The van der Waals surface area contributed by atoms with Crippen LogP contribution < -0.4 is 20.1 Å². The van der Waals surface area contributed by atoms with E-state index in [9.17, 15) is 8.78 Å². The fraction of sp³-hybridized carbons (Fsp3) is 0.364. The molecule has 2 N–H and O–H groups in total. The molecule has 32 heavy (non-hydrogen) atoms. The Balaban J connectivity index is 1.45. The van der Waals surface area contributed by atoms with Crippen molar-refractivity contribution in [2.24, 2.45) is 0 Å². The van der Waals surface area contributed by atoms with Crippen molar-refractivity contribution in [1.29, 1.82) is 0 Å². The van der Waals surface area contributed by atoms with Gasteiger partial charge in [-0.2, -0.15) is 0 Å². The normalized spacial score (nSPS) is 18.1. The number of methoxy groups -OCH3 is 1. The molecule has 2 aromatic carbocycles. The third kappa shape index (κ3) is 5.35.